The van der Waals surface area contributed by atoms with E-state index in [4.69, 9.17) is 0 Å². The molecule has 0 amide bonds. The first kappa shape index (κ1) is 27.5. The average molecular weight is 436 g/mol. The van der Waals surface area contributed by atoms with Crippen LogP contribution in [0.3, 0.4) is 0 Å². The van der Waals surface area contributed by atoms with E-state index in [9.17, 15) is 0 Å². The second-order valence-electron chi connectivity index (χ2n) is 8.76. The molecule has 32 heavy (non-hydrogen) atoms. The minimum atomic E-state index is 0.0849. The van der Waals surface area contributed by atoms with Crippen LogP contribution < -0.4 is 16.0 Å². The van der Waals surface area contributed by atoms with Crippen molar-refractivity contribution < 1.29 is 0 Å². The molecule has 0 bridgehead atoms. The van der Waals surface area contributed by atoms with Crippen molar-refractivity contribution in [3.8, 4) is 0 Å². The van der Waals surface area contributed by atoms with Crippen LogP contribution in [0, 0.1) is 6.92 Å². The lowest BCUT2D eigenvalue weighted by Gasteiger charge is -2.26. The highest BCUT2D eigenvalue weighted by atomic mass is 15.0. The number of rotatable bonds is 13. The van der Waals surface area contributed by atoms with Gasteiger partial charge in [-0.25, -0.2) is 0 Å². The molecule has 0 radical (unpaired) electrons. The first-order valence-corrected chi connectivity index (χ1v) is 11.9. The van der Waals surface area contributed by atoms with Gasteiger partial charge in [0.15, 0.2) is 0 Å². The maximum Gasteiger partial charge on any atom is 0.0635 e. The van der Waals surface area contributed by atoms with Gasteiger partial charge in [-0.2, -0.15) is 0 Å². The van der Waals surface area contributed by atoms with Gasteiger partial charge in [-0.3, -0.25) is 0 Å². The zero-order chi connectivity index (χ0) is 24.1. The Labute approximate surface area is 197 Å². The Hall–Kier alpha value is -2.52. The highest BCUT2D eigenvalue weighted by Crippen LogP contribution is 2.29. The van der Waals surface area contributed by atoms with E-state index in [0.717, 1.165) is 37.2 Å². The molecular formula is C29H45N3. The standard InChI is InChI=1S/C29H45N3/c1-10-16-31-20-29(32-24(7)17-22(5)19-30-9)25(8)27(15-12-21(3)4)28-18-26(11-2)14-13-23(28)6/h12-15,17-19,29-32H,8,10-11,16,20H2,1-7,9H3/b22-19-,24-17+,27-15-. The number of hydrogen-bond acceptors (Lipinski definition) is 3. The fourth-order valence-electron chi connectivity index (χ4n) is 3.60. The summed E-state index contributed by atoms with van der Waals surface area (Å²) < 4.78 is 0. The Kier molecular flexibility index (Phi) is 12.5. The summed E-state index contributed by atoms with van der Waals surface area (Å²) in [6, 6.07) is 6.86. The Morgan fingerprint density at radius 2 is 1.81 bits per heavy atom. The first-order valence-electron chi connectivity index (χ1n) is 11.9. The zero-order valence-corrected chi connectivity index (χ0v) is 21.7. The summed E-state index contributed by atoms with van der Waals surface area (Å²) >= 11 is 0. The summed E-state index contributed by atoms with van der Waals surface area (Å²) in [5.41, 5.74) is 9.76. The lowest BCUT2D eigenvalue weighted by molar-refractivity contribution is 0.567. The van der Waals surface area contributed by atoms with Gasteiger partial charge in [-0.1, -0.05) is 56.4 Å². The van der Waals surface area contributed by atoms with E-state index in [0.29, 0.717) is 0 Å². The Balaban J connectivity index is 3.42. The van der Waals surface area contributed by atoms with Gasteiger partial charge in [0.1, 0.15) is 0 Å². The van der Waals surface area contributed by atoms with Crippen LogP contribution in [0.15, 0.2) is 71.6 Å². The molecule has 0 heterocycles. The molecule has 0 fully saturated rings. The molecular weight excluding hydrogens is 390 g/mol. The van der Waals surface area contributed by atoms with Gasteiger partial charge in [0.2, 0.25) is 0 Å². The van der Waals surface area contributed by atoms with E-state index in [1.165, 1.54) is 33.4 Å². The fourth-order valence-corrected chi connectivity index (χ4v) is 3.60. The summed E-state index contributed by atoms with van der Waals surface area (Å²) in [7, 11) is 1.92. The van der Waals surface area contributed by atoms with Gasteiger partial charge in [0, 0.05) is 19.3 Å². The molecule has 1 aromatic carbocycles. The van der Waals surface area contributed by atoms with Crippen LogP contribution in [0.2, 0.25) is 0 Å². The van der Waals surface area contributed by atoms with E-state index in [-0.39, 0.29) is 6.04 Å². The molecule has 3 heteroatoms. The third-order valence-electron chi connectivity index (χ3n) is 5.34. The van der Waals surface area contributed by atoms with Crippen LogP contribution in [0.5, 0.6) is 0 Å². The first-order chi connectivity index (χ1) is 15.2. The minimum Gasteiger partial charge on any atom is -0.394 e. The minimum absolute atomic E-state index is 0.0849. The van der Waals surface area contributed by atoms with Gasteiger partial charge in [0.05, 0.1) is 6.04 Å². The van der Waals surface area contributed by atoms with Crippen molar-refractivity contribution in [3.05, 3.63) is 88.3 Å². The molecule has 176 valence electrons. The molecule has 0 aromatic heterocycles. The monoisotopic (exact) mass is 435 g/mol. The Morgan fingerprint density at radius 3 is 2.41 bits per heavy atom. The van der Waals surface area contributed by atoms with Crippen molar-refractivity contribution in [2.45, 2.75) is 67.3 Å². The predicted octanol–water partition coefficient (Wildman–Crippen LogP) is 6.45. The van der Waals surface area contributed by atoms with Crippen molar-refractivity contribution in [3.63, 3.8) is 0 Å². The highest BCUT2D eigenvalue weighted by Gasteiger charge is 2.18. The van der Waals surface area contributed by atoms with Crippen LogP contribution in [0.1, 0.15) is 64.7 Å². The summed E-state index contributed by atoms with van der Waals surface area (Å²) in [5, 5.41) is 10.4. The smallest absolute Gasteiger partial charge is 0.0635 e. The van der Waals surface area contributed by atoms with Crippen molar-refractivity contribution in [1.82, 2.24) is 16.0 Å². The third kappa shape index (κ3) is 9.32. The van der Waals surface area contributed by atoms with Gasteiger partial charge in [-0.05, 0) is 99.7 Å². The van der Waals surface area contributed by atoms with Crippen LogP contribution >= 0.6 is 0 Å². The molecule has 0 aliphatic rings. The van der Waals surface area contributed by atoms with Gasteiger partial charge in [0.25, 0.3) is 0 Å². The normalized spacial score (nSPS) is 13.6. The van der Waals surface area contributed by atoms with Crippen molar-refractivity contribution in [2.24, 2.45) is 0 Å². The average Bonchev–Trinajstić information content (AvgIpc) is 2.74. The Morgan fingerprint density at radius 1 is 1.09 bits per heavy atom. The highest BCUT2D eigenvalue weighted by molar-refractivity contribution is 5.82. The van der Waals surface area contributed by atoms with Crippen molar-refractivity contribution >= 4 is 5.57 Å². The number of allylic oxidation sites excluding steroid dienone is 6. The maximum absolute atomic E-state index is 4.60. The molecule has 3 N–H and O–H groups in total. The molecule has 1 aromatic rings. The second-order valence-corrected chi connectivity index (χ2v) is 8.76. The van der Waals surface area contributed by atoms with Crippen LogP contribution in [0.4, 0.5) is 0 Å². The SMILES string of the molecule is C=C(/C(=C/C=C(C)C)c1cc(CC)ccc1C)C(CNCCC)N/C(C)=C/C(C)=C\NC. The van der Waals surface area contributed by atoms with E-state index < -0.39 is 0 Å². The van der Waals surface area contributed by atoms with E-state index in [2.05, 4.69) is 107 Å². The van der Waals surface area contributed by atoms with Gasteiger partial charge >= 0.3 is 0 Å². The second kappa shape index (κ2) is 14.5. The summed E-state index contributed by atoms with van der Waals surface area (Å²) in [5.74, 6) is 0. The third-order valence-corrected chi connectivity index (χ3v) is 5.34. The van der Waals surface area contributed by atoms with Crippen LogP contribution in [0.25, 0.3) is 5.57 Å². The van der Waals surface area contributed by atoms with E-state index in [1.807, 2.05) is 13.2 Å². The number of hydrogen-bond donors (Lipinski definition) is 3. The van der Waals surface area contributed by atoms with Gasteiger partial charge in [-0.15, -0.1) is 0 Å². The lowest BCUT2D eigenvalue weighted by Crippen LogP contribution is -2.39. The molecule has 0 saturated carbocycles. The zero-order valence-electron chi connectivity index (χ0n) is 21.7. The van der Waals surface area contributed by atoms with E-state index in [1.54, 1.807) is 0 Å². The van der Waals surface area contributed by atoms with Gasteiger partial charge < -0.3 is 16.0 Å². The molecule has 1 atom stereocenters. The number of benzene rings is 1. The lowest BCUT2D eigenvalue weighted by atomic mass is 9.88. The fraction of sp³-hybridized carbons (Fsp3) is 0.448. The summed E-state index contributed by atoms with van der Waals surface area (Å²) in [4.78, 5) is 0. The summed E-state index contributed by atoms with van der Waals surface area (Å²) in [6.45, 7) is 21.5. The van der Waals surface area contributed by atoms with Crippen molar-refractivity contribution in [1.29, 1.82) is 0 Å². The number of aryl methyl sites for hydroxylation is 2. The number of nitrogens with one attached hydrogen (secondary N) is 3. The molecule has 0 spiro atoms. The largest absolute Gasteiger partial charge is 0.394 e. The van der Waals surface area contributed by atoms with Crippen LogP contribution in [-0.4, -0.2) is 26.2 Å². The molecule has 3 nitrogen and oxygen atoms in total. The molecule has 1 rings (SSSR count). The Bertz CT molecular complexity index is 864. The van der Waals surface area contributed by atoms with Crippen LogP contribution in [-0.2, 0) is 6.42 Å². The topological polar surface area (TPSA) is 36.1 Å². The maximum atomic E-state index is 4.60. The van der Waals surface area contributed by atoms with E-state index >= 15 is 0 Å². The summed E-state index contributed by atoms with van der Waals surface area (Å²) in [6.07, 6.45) is 10.7. The molecule has 1 unspecified atom stereocenters. The predicted molar refractivity (Wildman–Crippen MR) is 144 cm³/mol. The van der Waals surface area contributed by atoms with Crippen molar-refractivity contribution in [2.75, 3.05) is 20.1 Å². The molecule has 0 aliphatic heterocycles. The quantitative estimate of drug-likeness (QED) is 0.246. The molecule has 0 saturated heterocycles. The molecule has 0 aliphatic carbocycles.